The van der Waals surface area contributed by atoms with Crippen LogP contribution in [0, 0.1) is 0 Å². The predicted molar refractivity (Wildman–Crippen MR) is 153 cm³/mol. The molecule has 2 heterocycles. The summed E-state index contributed by atoms with van der Waals surface area (Å²) in [6.07, 6.45) is 10.4. The number of carbonyl (C=O) groups excluding carboxylic acids is 1. The van der Waals surface area contributed by atoms with Crippen LogP contribution in [0.2, 0.25) is 0 Å². The van der Waals surface area contributed by atoms with Gasteiger partial charge >= 0.3 is 0 Å². The van der Waals surface area contributed by atoms with Gasteiger partial charge in [-0.25, -0.2) is 0 Å². The number of amides is 1. The molecule has 9 heteroatoms. The fourth-order valence-electron chi connectivity index (χ4n) is 5.50. The minimum atomic E-state index is -1.21. The Balaban J connectivity index is 1.41. The van der Waals surface area contributed by atoms with Crippen LogP contribution in [0.4, 0.5) is 0 Å². The van der Waals surface area contributed by atoms with Crippen molar-refractivity contribution in [2.75, 3.05) is 34.0 Å². The monoisotopic (exact) mass is 565 g/mol. The highest BCUT2D eigenvalue weighted by molar-refractivity contribution is 5.78. The van der Waals surface area contributed by atoms with Crippen LogP contribution in [0.1, 0.15) is 90.5 Å². The zero-order valence-corrected chi connectivity index (χ0v) is 25.2. The number of aliphatic hydroxyl groups excluding tert-OH is 1. The normalized spacial score (nSPS) is 25.1. The highest BCUT2D eigenvalue weighted by atomic mass is 16.9. The summed E-state index contributed by atoms with van der Waals surface area (Å²) < 4.78 is 34.9. The Labute approximate surface area is 240 Å². The van der Waals surface area contributed by atoms with Gasteiger partial charge in [0.2, 0.25) is 11.7 Å². The average molecular weight is 566 g/mol. The highest BCUT2D eigenvalue weighted by Gasteiger charge is 2.64. The van der Waals surface area contributed by atoms with Crippen molar-refractivity contribution in [2.45, 2.75) is 121 Å². The van der Waals surface area contributed by atoms with E-state index in [1.165, 1.54) is 51.4 Å². The number of methoxy groups -OCH3 is 2. The van der Waals surface area contributed by atoms with E-state index in [0.29, 0.717) is 18.1 Å². The lowest BCUT2D eigenvalue weighted by Crippen LogP contribution is -2.45. The molecule has 0 aliphatic carbocycles. The molecule has 0 unspecified atom stereocenters. The number of carbonyl (C=O) groups is 1. The average Bonchev–Trinajstić information content (AvgIpc) is 3.34. The molecule has 4 atom stereocenters. The van der Waals surface area contributed by atoms with E-state index in [1.807, 2.05) is 6.07 Å². The quantitative estimate of drug-likeness (QED) is 0.228. The van der Waals surface area contributed by atoms with E-state index < -0.39 is 29.9 Å². The summed E-state index contributed by atoms with van der Waals surface area (Å²) in [6.45, 7) is 6.72. The summed E-state index contributed by atoms with van der Waals surface area (Å²) >= 11 is 0. The number of nitrogens with one attached hydrogen (secondary N) is 1. The molecule has 1 amide bonds. The lowest BCUT2D eigenvalue weighted by Gasteiger charge is -2.28. The molecule has 2 aliphatic heterocycles. The van der Waals surface area contributed by atoms with Crippen molar-refractivity contribution >= 4 is 5.91 Å². The van der Waals surface area contributed by atoms with Crippen LogP contribution in [0.5, 0.6) is 11.5 Å². The second kappa shape index (κ2) is 15.9. The third-order valence-corrected chi connectivity index (χ3v) is 7.56. The molecule has 228 valence electrons. The smallest absolute Gasteiger partial charge is 0.224 e. The molecule has 2 aliphatic rings. The minimum Gasteiger partial charge on any atom is -0.493 e. The van der Waals surface area contributed by atoms with E-state index in [1.54, 1.807) is 40.2 Å². The molecule has 40 heavy (non-hydrogen) atoms. The maximum Gasteiger partial charge on any atom is 0.224 e. The van der Waals surface area contributed by atoms with E-state index in [0.717, 1.165) is 18.4 Å². The van der Waals surface area contributed by atoms with Gasteiger partial charge in [0.05, 0.1) is 20.6 Å². The third-order valence-electron chi connectivity index (χ3n) is 7.56. The number of unbranched alkanes of at least 4 members (excludes halogenated alkanes) is 9. The van der Waals surface area contributed by atoms with Crippen LogP contribution in [0.25, 0.3) is 0 Å². The molecule has 1 aromatic carbocycles. The van der Waals surface area contributed by atoms with Gasteiger partial charge in [-0.15, -0.1) is 0 Å². The Kier molecular flexibility index (Phi) is 13.0. The van der Waals surface area contributed by atoms with Gasteiger partial charge < -0.3 is 38.8 Å². The number of hydrogen-bond acceptors (Lipinski definition) is 8. The molecule has 2 N–H and O–H groups in total. The van der Waals surface area contributed by atoms with E-state index in [4.69, 9.17) is 28.4 Å². The van der Waals surface area contributed by atoms with Gasteiger partial charge in [-0.1, -0.05) is 70.8 Å². The Hall–Kier alpha value is -1.91. The molecular formula is C31H51NO8. The SMILES string of the molecule is CCCCCCCCCCCCOC[C@@]12O[C@@H](CNC(=O)Cc3ccc(OC)c(OC)c3)[C@@H](O)[C@@H]1OC(C)(C)O2. The molecule has 0 spiro atoms. The van der Waals surface area contributed by atoms with E-state index >= 15 is 0 Å². The maximum atomic E-state index is 12.6. The van der Waals surface area contributed by atoms with Gasteiger partial charge in [0.15, 0.2) is 17.3 Å². The fraction of sp³-hybridized carbons (Fsp3) is 0.774. The first kappa shape index (κ1) is 32.6. The lowest BCUT2D eigenvalue weighted by molar-refractivity contribution is -0.277. The van der Waals surface area contributed by atoms with Crippen molar-refractivity contribution in [1.29, 1.82) is 0 Å². The predicted octanol–water partition coefficient (Wildman–Crippen LogP) is 4.91. The zero-order valence-electron chi connectivity index (χ0n) is 25.2. The number of hydrogen-bond donors (Lipinski definition) is 2. The van der Waals surface area contributed by atoms with Crippen molar-refractivity contribution in [3.05, 3.63) is 23.8 Å². The van der Waals surface area contributed by atoms with Crippen LogP contribution in [-0.2, 0) is 30.2 Å². The van der Waals surface area contributed by atoms with Crippen LogP contribution in [0.3, 0.4) is 0 Å². The molecule has 0 radical (unpaired) electrons. The summed E-state index contributed by atoms with van der Waals surface area (Å²) in [5.74, 6) is -1.15. The van der Waals surface area contributed by atoms with Crippen molar-refractivity contribution in [3.63, 3.8) is 0 Å². The molecule has 3 rings (SSSR count). The van der Waals surface area contributed by atoms with Crippen molar-refractivity contribution in [3.8, 4) is 11.5 Å². The Bertz CT molecular complexity index is 909. The largest absolute Gasteiger partial charge is 0.493 e. The van der Waals surface area contributed by atoms with Crippen molar-refractivity contribution in [2.24, 2.45) is 0 Å². The summed E-state index contributed by atoms with van der Waals surface area (Å²) in [6, 6.07) is 5.35. The highest BCUT2D eigenvalue weighted by Crippen LogP contribution is 2.45. The van der Waals surface area contributed by atoms with Gasteiger partial charge in [-0.2, -0.15) is 0 Å². The van der Waals surface area contributed by atoms with Crippen LogP contribution in [-0.4, -0.2) is 74.9 Å². The number of benzene rings is 1. The van der Waals surface area contributed by atoms with Crippen molar-refractivity contribution in [1.82, 2.24) is 5.32 Å². The Morgan fingerprint density at radius 1 is 0.950 bits per heavy atom. The molecule has 0 bridgehead atoms. The minimum absolute atomic E-state index is 0.122. The zero-order chi connectivity index (χ0) is 29.0. The second-order valence-electron chi connectivity index (χ2n) is 11.4. The molecule has 2 saturated heterocycles. The topological polar surface area (TPSA) is 105 Å². The first-order valence-corrected chi connectivity index (χ1v) is 15.0. The number of ether oxygens (including phenoxy) is 6. The molecule has 0 saturated carbocycles. The third kappa shape index (κ3) is 9.31. The van der Waals surface area contributed by atoms with Crippen LogP contribution < -0.4 is 14.8 Å². The fourth-order valence-corrected chi connectivity index (χ4v) is 5.50. The van der Waals surface area contributed by atoms with Gasteiger partial charge in [-0.3, -0.25) is 4.79 Å². The molecular weight excluding hydrogens is 514 g/mol. The molecule has 2 fully saturated rings. The van der Waals surface area contributed by atoms with E-state index in [2.05, 4.69) is 12.2 Å². The van der Waals surface area contributed by atoms with Gasteiger partial charge in [0, 0.05) is 13.2 Å². The summed E-state index contributed by atoms with van der Waals surface area (Å²) in [7, 11) is 3.12. The summed E-state index contributed by atoms with van der Waals surface area (Å²) in [4.78, 5) is 12.6. The first-order valence-electron chi connectivity index (χ1n) is 15.0. The summed E-state index contributed by atoms with van der Waals surface area (Å²) in [5.41, 5.74) is 0.783. The Morgan fingerprint density at radius 2 is 1.60 bits per heavy atom. The van der Waals surface area contributed by atoms with Gasteiger partial charge in [0.1, 0.15) is 24.9 Å². The van der Waals surface area contributed by atoms with Crippen molar-refractivity contribution < 1.29 is 38.3 Å². The van der Waals surface area contributed by atoms with E-state index in [9.17, 15) is 9.90 Å². The molecule has 1 aromatic rings. The number of rotatable bonds is 19. The van der Waals surface area contributed by atoms with Crippen LogP contribution in [0.15, 0.2) is 18.2 Å². The molecule has 9 nitrogen and oxygen atoms in total. The lowest BCUT2D eigenvalue weighted by atomic mass is 10.1. The second-order valence-corrected chi connectivity index (χ2v) is 11.4. The molecule has 0 aromatic heterocycles. The van der Waals surface area contributed by atoms with Gasteiger partial charge in [-0.05, 0) is 38.0 Å². The van der Waals surface area contributed by atoms with Crippen LogP contribution >= 0.6 is 0 Å². The Morgan fingerprint density at radius 3 is 2.25 bits per heavy atom. The number of fused-ring (bicyclic) bond motifs is 1. The van der Waals surface area contributed by atoms with E-state index in [-0.39, 0.29) is 25.5 Å². The number of aliphatic hydroxyl groups is 1. The first-order chi connectivity index (χ1) is 19.2. The summed E-state index contributed by atoms with van der Waals surface area (Å²) in [5, 5.41) is 13.9. The standard InChI is InChI=1S/C31H51NO8/c1-6-7-8-9-10-11-12-13-14-15-18-37-22-31-29(39-30(2,3)40-31)28(34)26(38-31)21-32-27(33)20-23-16-17-24(35-4)25(19-23)36-5/h16-17,19,26,28-29,34H,6-15,18,20-22H2,1-5H3,(H,32,33)/t26-,28+,29-,31-/m0/s1. The van der Waals surface area contributed by atoms with Gasteiger partial charge in [0.25, 0.3) is 0 Å². The maximum absolute atomic E-state index is 12.6.